The largest absolute Gasteiger partial charge is 0.461 e. The molecule has 3 aromatic rings. The first-order valence-corrected chi connectivity index (χ1v) is 14.9. The number of benzene rings is 2. The van der Waals surface area contributed by atoms with Gasteiger partial charge in [0.25, 0.3) is 0 Å². The lowest BCUT2D eigenvalue weighted by atomic mass is 9.92. The van der Waals surface area contributed by atoms with E-state index in [-0.39, 0.29) is 17.7 Å². The number of rotatable bonds is 6. The number of aromatic nitrogens is 2. The third-order valence-corrected chi connectivity index (χ3v) is 9.52. The van der Waals surface area contributed by atoms with E-state index in [1.807, 2.05) is 0 Å². The molecule has 2 atom stereocenters. The number of hydrogen-bond acceptors (Lipinski definition) is 8. The van der Waals surface area contributed by atoms with Gasteiger partial charge in [-0.3, -0.25) is 4.90 Å². The zero-order chi connectivity index (χ0) is 27.1. The summed E-state index contributed by atoms with van der Waals surface area (Å²) in [6.07, 6.45) is 5.93. The standard InChI is InChI=1S/C32H38N6O2/c1-22-6-2-7-23-8-3-9-25(29(22)23)28-18-27-26(20-39-28)30(37-17-14-34-24(19-37)10-13-33)36-31(35-27)40-21-32-11-4-15-38(32)16-5-12-32/h2-3,6-9,24,28,34H,4-5,10-12,14-21H2,1H3/t24-,28?/m0/s1. The van der Waals surface area contributed by atoms with Gasteiger partial charge in [0.1, 0.15) is 12.4 Å². The molecule has 8 heteroatoms. The van der Waals surface area contributed by atoms with Crippen LogP contribution in [-0.4, -0.2) is 65.8 Å². The van der Waals surface area contributed by atoms with Crippen molar-refractivity contribution in [1.82, 2.24) is 20.2 Å². The molecule has 0 bridgehead atoms. The second kappa shape index (κ2) is 10.6. The lowest BCUT2D eigenvalue weighted by molar-refractivity contribution is 0.0263. The van der Waals surface area contributed by atoms with E-state index in [0.29, 0.717) is 32.1 Å². The van der Waals surface area contributed by atoms with Crippen LogP contribution < -0.4 is 15.0 Å². The zero-order valence-electron chi connectivity index (χ0n) is 23.4. The van der Waals surface area contributed by atoms with Crippen LogP contribution in [0.25, 0.3) is 10.8 Å². The van der Waals surface area contributed by atoms with E-state index in [9.17, 15) is 5.26 Å². The Hall–Kier alpha value is -3.25. The van der Waals surface area contributed by atoms with Crippen LogP contribution in [-0.2, 0) is 17.8 Å². The van der Waals surface area contributed by atoms with Gasteiger partial charge in [-0.15, -0.1) is 0 Å². The molecule has 1 aromatic heterocycles. The Bertz CT molecular complexity index is 1440. The van der Waals surface area contributed by atoms with Gasteiger partial charge in [-0.05, 0) is 67.6 Å². The summed E-state index contributed by atoms with van der Waals surface area (Å²) in [4.78, 5) is 15.0. The summed E-state index contributed by atoms with van der Waals surface area (Å²) in [5, 5.41) is 15.3. The third kappa shape index (κ3) is 4.60. The minimum atomic E-state index is -0.0824. The Morgan fingerprint density at radius 1 is 1.12 bits per heavy atom. The topological polar surface area (TPSA) is 86.5 Å². The van der Waals surface area contributed by atoms with Crippen molar-refractivity contribution in [2.45, 2.75) is 69.7 Å². The Morgan fingerprint density at radius 2 is 1.95 bits per heavy atom. The van der Waals surface area contributed by atoms with E-state index in [1.165, 1.54) is 60.7 Å². The van der Waals surface area contributed by atoms with Gasteiger partial charge < -0.3 is 19.7 Å². The normalized spacial score (nSPS) is 24.1. The molecule has 208 valence electrons. The lowest BCUT2D eigenvalue weighted by Crippen LogP contribution is -2.51. The molecule has 0 spiro atoms. The van der Waals surface area contributed by atoms with Crippen molar-refractivity contribution in [2.75, 3.05) is 44.2 Å². The quantitative estimate of drug-likeness (QED) is 0.493. The van der Waals surface area contributed by atoms with Gasteiger partial charge in [0.2, 0.25) is 0 Å². The maximum atomic E-state index is 9.31. The number of aryl methyl sites for hydroxylation is 1. The minimum Gasteiger partial charge on any atom is -0.461 e. The summed E-state index contributed by atoms with van der Waals surface area (Å²) in [7, 11) is 0. The number of nitriles is 1. The maximum Gasteiger partial charge on any atom is 0.318 e. The van der Waals surface area contributed by atoms with Crippen LogP contribution >= 0.6 is 0 Å². The average Bonchev–Trinajstić information content (AvgIpc) is 3.56. The van der Waals surface area contributed by atoms with Gasteiger partial charge in [-0.1, -0.05) is 36.4 Å². The summed E-state index contributed by atoms with van der Waals surface area (Å²) in [5.74, 6) is 0.907. The Kier molecular flexibility index (Phi) is 6.82. The fourth-order valence-corrected chi connectivity index (χ4v) is 7.51. The van der Waals surface area contributed by atoms with Crippen LogP contribution in [0.3, 0.4) is 0 Å². The molecule has 0 aliphatic carbocycles. The lowest BCUT2D eigenvalue weighted by Gasteiger charge is -2.36. The molecular formula is C32H38N6O2. The van der Waals surface area contributed by atoms with E-state index in [4.69, 9.17) is 19.4 Å². The minimum absolute atomic E-state index is 0.0824. The Morgan fingerprint density at radius 3 is 2.77 bits per heavy atom. The second-order valence-corrected chi connectivity index (χ2v) is 11.9. The van der Waals surface area contributed by atoms with Crippen LogP contribution in [0.2, 0.25) is 0 Å². The molecule has 8 nitrogen and oxygen atoms in total. The summed E-state index contributed by atoms with van der Waals surface area (Å²) >= 11 is 0. The summed E-state index contributed by atoms with van der Waals surface area (Å²) in [5.41, 5.74) is 4.69. The summed E-state index contributed by atoms with van der Waals surface area (Å²) < 4.78 is 13.1. The van der Waals surface area contributed by atoms with Crippen molar-refractivity contribution in [2.24, 2.45) is 0 Å². The molecule has 5 heterocycles. The Labute approximate surface area is 236 Å². The van der Waals surface area contributed by atoms with Crippen molar-refractivity contribution in [3.8, 4) is 12.1 Å². The van der Waals surface area contributed by atoms with Crippen molar-refractivity contribution in [3.05, 3.63) is 58.8 Å². The predicted molar refractivity (Wildman–Crippen MR) is 154 cm³/mol. The fraction of sp³-hybridized carbons (Fsp3) is 0.531. The SMILES string of the molecule is Cc1cccc2cccc(C3Cc4nc(OCC56CCCN5CCC6)nc(N5CCN[C@@H](CC#N)C5)c4CO3)c12. The van der Waals surface area contributed by atoms with Crippen LogP contribution in [0.1, 0.15) is 60.6 Å². The molecule has 0 amide bonds. The molecule has 3 fully saturated rings. The van der Waals surface area contributed by atoms with E-state index < -0.39 is 0 Å². The van der Waals surface area contributed by atoms with Crippen LogP contribution in [0, 0.1) is 18.3 Å². The van der Waals surface area contributed by atoms with E-state index in [2.05, 4.69) is 64.5 Å². The molecule has 0 saturated carbocycles. The molecule has 1 N–H and O–H groups in total. The smallest absolute Gasteiger partial charge is 0.318 e. The first-order valence-electron chi connectivity index (χ1n) is 14.9. The van der Waals surface area contributed by atoms with Gasteiger partial charge in [-0.25, -0.2) is 0 Å². The van der Waals surface area contributed by atoms with Crippen molar-refractivity contribution in [3.63, 3.8) is 0 Å². The molecule has 3 saturated heterocycles. The molecule has 40 heavy (non-hydrogen) atoms. The summed E-state index contributed by atoms with van der Waals surface area (Å²) in [6, 6.07) is 15.9. The fourth-order valence-electron chi connectivity index (χ4n) is 7.51. The highest BCUT2D eigenvalue weighted by molar-refractivity contribution is 5.89. The van der Waals surface area contributed by atoms with E-state index >= 15 is 0 Å². The number of hydrogen-bond donors (Lipinski definition) is 1. The third-order valence-electron chi connectivity index (χ3n) is 9.52. The molecule has 4 aliphatic rings. The number of nitrogens with zero attached hydrogens (tertiary/aromatic N) is 5. The number of fused-ring (bicyclic) bond motifs is 3. The maximum absolute atomic E-state index is 9.31. The first kappa shape index (κ1) is 25.7. The first-order chi connectivity index (χ1) is 19.6. The van der Waals surface area contributed by atoms with Crippen molar-refractivity contribution in [1.29, 1.82) is 5.26 Å². The van der Waals surface area contributed by atoms with Gasteiger partial charge in [0.15, 0.2) is 0 Å². The van der Waals surface area contributed by atoms with E-state index in [0.717, 1.165) is 36.7 Å². The van der Waals surface area contributed by atoms with Crippen molar-refractivity contribution >= 4 is 16.6 Å². The summed E-state index contributed by atoms with van der Waals surface area (Å²) in [6.45, 7) is 8.00. The predicted octanol–water partition coefficient (Wildman–Crippen LogP) is 4.45. The molecule has 7 rings (SSSR count). The molecular weight excluding hydrogens is 500 g/mol. The number of ether oxygens (including phenoxy) is 2. The molecule has 4 aliphatic heterocycles. The van der Waals surface area contributed by atoms with Crippen LogP contribution in [0.4, 0.5) is 5.82 Å². The van der Waals surface area contributed by atoms with Crippen LogP contribution in [0.5, 0.6) is 6.01 Å². The van der Waals surface area contributed by atoms with Crippen molar-refractivity contribution < 1.29 is 9.47 Å². The highest BCUT2D eigenvalue weighted by atomic mass is 16.5. The van der Waals surface area contributed by atoms with E-state index in [1.54, 1.807) is 0 Å². The van der Waals surface area contributed by atoms with Gasteiger partial charge in [0.05, 0.1) is 36.4 Å². The number of nitrogens with one attached hydrogen (secondary N) is 1. The van der Waals surface area contributed by atoms with Gasteiger partial charge >= 0.3 is 6.01 Å². The Balaban J connectivity index is 1.23. The second-order valence-electron chi connectivity index (χ2n) is 11.9. The average molecular weight is 539 g/mol. The molecule has 2 aromatic carbocycles. The van der Waals surface area contributed by atoms with Crippen LogP contribution in [0.15, 0.2) is 36.4 Å². The molecule has 1 unspecified atom stereocenters. The highest BCUT2D eigenvalue weighted by Gasteiger charge is 2.45. The zero-order valence-corrected chi connectivity index (χ0v) is 23.4. The number of anilines is 1. The number of piperazine rings is 1. The highest BCUT2D eigenvalue weighted by Crippen LogP contribution is 2.41. The van der Waals surface area contributed by atoms with Gasteiger partial charge in [0, 0.05) is 37.7 Å². The van der Waals surface area contributed by atoms with Gasteiger partial charge in [-0.2, -0.15) is 15.2 Å². The monoisotopic (exact) mass is 538 g/mol. The molecule has 0 radical (unpaired) electrons.